The van der Waals surface area contributed by atoms with Gasteiger partial charge in [0.1, 0.15) is 0 Å². The molecule has 6 heteroatoms. The first kappa shape index (κ1) is 13.5. The van der Waals surface area contributed by atoms with E-state index in [4.69, 9.17) is 0 Å². The highest BCUT2D eigenvalue weighted by Crippen LogP contribution is 2.36. The summed E-state index contributed by atoms with van der Waals surface area (Å²) in [6.07, 6.45) is 2.48. The van der Waals surface area contributed by atoms with Crippen molar-refractivity contribution in [1.82, 2.24) is 14.5 Å². The second-order valence-corrected chi connectivity index (χ2v) is 6.97. The van der Waals surface area contributed by atoms with Gasteiger partial charge in [-0.05, 0) is 33.1 Å². The Morgan fingerprint density at radius 3 is 2.72 bits per heavy atom. The summed E-state index contributed by atoms with van der Waals surface area (Å²) in [4.78, 5) is 0. The Kier molecular flexibility index (Phi) is 3.77. The minimum absolute atomic E-state index is 0.0275. The van der Waals surface area contributed by atoms with Gasteiger partial charge in [-0.3, -0.25) is 5.10 Å². The second kappa shape index (κ2) is 5.01. The molecule has 1 atom stereocenters. The van der Waals surface area contributed by atoms with Crippen molar-refractivity contribution in [2.45, 2.75) is 46.1 Å². The molecule has 0 aromatic carbocycles. The van der Waals surface area contributed by atoms with E-state index in [0.29, 0.717) is 13.0 Å². The molecule has 1 aliphatic rings. The molecular formula is C12H21N3O2S. The largest absolute Gasteiger partial charge is 0.282 e. The number of hydrogen-bond donors (Lipinski definition) is 1. The topological polar surface area (TPSA) is 66.1 Å². The van der Waals surface area contributed by atoms with Crippen molar-refractivity contribution in [2.24, 2.45) is 0 Å². The lowest BCUT2D eigenvalue weighted by Crippen LogP contribution is -2.32. The Balaban J connectivity index is 2.34. The van der Waals surface area contributed by atoms with Crippen LogP contribution in [0, 0.1) is 13.8 Å². The number of rotatable bonds is 4. The molecule has 0 saturated carbocycles. The normalized spacial score (nSPS) is 21.6. The minimum atomic E-state index is -3.13. The molecule has 1 fully saturated rings. The zero-order valence-corrected chi connectivity index (χ0v) is 12.0. The van der Waals surface area contributed by atoms with Gasteiger partial charge in [-0.1, -0.05) is 6.92 Å². The summed E-state index contributed by atoms with van der Waals surface area (Å²) >= 11 is 0. The smallest absolute Gasteiger partial charge is 0.214 e. The van der Waals surface area contributed by atoms with Gasteiger partial charge in [-0.25, -0.2) is 8.42 Å². The Bertz CT molecular complexity index is 502. The predicted molar refractivity (Wildman–Crippen MR) is 70.8 cm³/mol. The molecule has 1 aliphatic heterocycles. The molecule has 1 unspecified atom stereocenters. The van der Waals surface area contributed by atoms with Crippen LogP contribution in [0.25, 0.3) is 0 Å². The molecule has 1 aromatic rings. The van der Waals surface area contributed by atoms with Crippen LogP contribution in [0.15, 0.2) is 0 Å². The van der Waals surface area contributed by atoms with E-state index in [1.165, 1.54) is 0 Å². The zero-order chi connectivity index (χ0) is 13.3. The quantitative estimate of drug-likeness (QED) is 0.909. The van der Waals surface area contributed by atoms with Gasteiger partial charge in [0.05, 0.1) is 17.5 Å². The van der Waals surface area contributed by atoms with E-state index in [9.17, 15) is 8.42 Å². The lowest BCUT2D eigenvalue weighted by atomic mass is 10.0. The first-order chi connectivity index (χ1) is 8.47. The molecule has 0 aliphatic carbocycles. The first-order valence-electron chi connectivity index (χ1n) is 6.48. The molecule has 1 N–H and O–H groups in total. The standard InChI is InChI=1S/C12H21N3O2S/c1-4-8-18(16,17)15-7-5-6-11(15)12-9(2)13-14-10(12)3/h11H,4-8H2,1-3H3,(H,13,14). The predicted octanol–water partition coefficient (Wildman–Crippen LogP) is 1.90. The number of hydrogen-bond acceptors (Lipinski definition) is 3. The van der Waals surface area contributed by atoms with Crippen molar-refractivity contribution in [3.63, 3.8) is 0 Å². The molecule has 0 amide bonds. The van der Waals surface area contributed by atoms with Crippen LogP contribution in [-0.2, 0) is 10.0 Å². The summed E-state index contributed by atoms with van der Waals surface area (Å²) in [5.41, 5.74) is 2.96. The highest BCUT2D eigenvalue weighted by Gasteiger charge is 2.36. The van der Waals surface area contributed by atoms with Crippen LogP contribution in [0.4, 0.5) is 0 Å². The molecule has 1 aromatic heterocycles. The summed E-state index contributed by atoms with van der Waals surface area (Å²) in [7, 11) is -3.13. The van der Waals surface area contributed by atoms with E-state index >= 15 is 0 Å². The fourth-order valence-electron chi connectivity index (χ4n) is 2.79. The summed E-state index contributed by atoms with van der Waals surface area (Å²) < 4.78 is 26.2. The number of sulfonamides is 1. The lowest BCUT2D eigenvalue weighted by molar-refractivity contribution is 0.394. The minimum Gasteiger partial charge on any atom is -0.282 e. The third kappa shape index (κ3) is 2.31. The van der Waals surface area contributed by atoms with Crippen molar-refractivity contribution in [3.05, 3.63) is 17.0 Å². The lowest BCUT2D eigenvalue weighted by Gasteiger charge is -2.24. The average molecular weight is 271 g/mol. The maximum absolute atomic E-state index is 12.3. The van der Waals surface area contributed by atoms with E-state index in [0.717, 1.165) is 29.8 Å². The van der Waals surface area contributed by atoms with Gasteiger partial charge < -0.3 is 0 Å². The van der Waals surface area contributed by atoms with E-state index in [2.05, 4.69) is 10.2 Å². The number of aryl methyl sites for hydroxylation is 2. The summed E-state index contributed by atoms with van der Waals surface area (Å²) in [6.45, 7) is 6.42. The fraction of sp³-hybridized carbons (Fsp3) is 0.750. The van der Waals surface area contributed by atoms with Crippen molar-refractivity contribution in [2.75, 3.05) is 12.3 Å². The van der Waals surface area contributed by atoms with Crippen molar-refractivity contribution in [3.8, 4) is 0 Å². The maximum Gasteiger partial charge on any atom is 0.214 e. The number of nitrogens with zero attached hydrogens (tertiary/aromatic N) is 2. The van der Waals surface area contributed by atoms with Crippen molar-refractivity contribution in [1.29, 1.82) is 0 Å². The third-order valence-electron chi connectivity index (χ3n) is 3.54. The Hall–Kier alpha value is -0.880. The van der Waals surface area contributed by atoms with Crippen LogP contribution in [0.5, 0.6) is 0 Å². The summed E-state index contributed by atoms with van der Waals surface area (Å²) in [6, 6.07) is -0.0275. The van der Waals surface area contributed by atoms with Crippen LogP contribution in [0.2, 0.25) is 0 Å². The monoisotopic (exact) mass is 271 g/mol. The third-order valence-corrected chi connectivity index (χ3v) is 5.62. The molecule has 102 valence electrons. The number of H-pyrrole nitrogens is 1. The molecule has 18 heavy (non-hydrogen) atoms. The van der Waals surface area contributed by atoms with Gasteiger partial charge in [0.15, 0.2) is 0 Å². The highest BCUT2D eigenvalue weighted by atomic mass is 32.2. The number of aromatic nitrogens is 2. The molecule has 2 heterocycles. The summed E-state index contributed by atoms with van der Waals surface area (Å²) in [5, 5.41) is 7.12. The Morgan fingerprint density at radius 2 is 2.17 bits per heavy atom. The van der Waals surface area contributed by atoms with Gasteiger partial charge in [0, 0.05) is 17.8 Å². The Morgan fingerprint density at radius 1 is 1.44 bits per heavy atom. The van der Waals surface area contributed by atoms with Crippen molar-refractivity contribution < 1.29 is 8.42 Å². The van der Waals surface area contributed by atoms with E-state index in [1.54, 1.807) is 4.31 Å². The molecular weight excluding hydrogens is 250 g/mol. The van der Waals surface area contributed by atoms with Gasteiger partial charge >= 0.3 is 0 Å². The van der Waals surface area contributed by atoms with Crippen LogP contribution in [-0.4, -0.2) is 35.2 Å². The number of aromatic amines is 1. The average Bonchev–Trinajstić information content (AvgIpc) is 2.86. The fourth-order valence-corrected chi connectivity index (χ4v) is 4.54. The maximum atomic E-state index is 12.3. The first-order valence-corrected chi connectivity index (χ1v) is 8.09. The molecule has 1 saturated heterocycles. The van der Waals surface area contributed by atoms with Crippen LogP contribution in [0.3, 0.4) is 0 Å². The van der Waals surface area contributed by atoms with Crippen LogP contribution >= 0.6 is 0 Å². The highest BCUT2D eigenvalue weighted by molar-refractivity contribution is 7.89. The molecule has 0 bridgehead atoms. The molecule has 0 radical (unpaired) electrons. The van der Waals surface area contributed by atoms with Gasteiger partial charge in [0.25, 0.3) is 0 Å². The Labute approximate surface area is 109 Å². The summed E-state index contributed by atoms with van der Waals surface area (Å²) in [5.74, 6) is 0.236. The van der Waals surface area contributed by atoms with Gasteiger partial charge in [0.2, 0.25) is 10.0 Å². The second-order valence-electron chi connectivity index (χ2n) is 4.93. The molecule has 2 rings (SSSR count). The van der Waals surface area contributed by atoms with Crippen LogP contribution in [0.1, 0.15) is 49.2 Å². The number of nitrogens with one attached hydrogen (secondary N) is 1. The van der Waals surface area contributed by atoms with E-state index < -0.39 is 10.0 Å². The van der Waals surface area contributed by atoms with E-state index in [1.807, 2.05) is 20.8 Å². The zero-order valence-electron chi connectivity index (χ0n) is 11.2. The van der Waals surface area contributed by atoms with Crippen molar-refractivity contribution >= 4 is 10.0 Å². The van der Waals surface area contributed by atoms with E-state index in [-0.39, 0.29) is 11.8 Å². The molecule has 5 nitrogen and oxygen atoms in total. The molecule has 0 spiro atoms. The van der Waals surface area contributed by atoms with Gasteiger partial charge in [-0.2, -0.15) is 9.40 Å². The van der Waals surface area contributed by atoms with Crippen LogP contribution < -0.4 is 0 Å². The van der Waals surface area contributed by atoms with Gasteiger partial charge in [-0.15, -0.1) is 0 Å². The SMILES string of the molecule is CCCS(=O)(=O)N1CCCC1c1c(C)n[nH]c1C.